The second kappa shape index (κ2) is 5.13. The van der Waals surface area contributed by atoms with Crippen LogP contribution in [0.2, 0.25) is 0 Å². The summed E-state index contributed by atoms with van der Waals surface area (Å²) in [4.78, 5) is 19.3. The first-order chi connectivity index (χ1) is 9.25. The fourth-order valence-electron chi connectivity index (χ4n) is 2.93. The van der Waals surface area contributed by atoms with Crippen LogP contribution in [0.15, 0.2) is 29.3 Å². The fraction of sp³-hybridized carbons (Fsp3) is 0.467. The van der Waals surface area contributed by atoms with Gasteiger partial charge < -0.3 is 5.32 Å². The van der Waals surface area contributed by atoms with Crippen molar-refractivity contribution in [2.75, 3.05) is 18.4 Å². The van der Waals surface area contributed by atoms with E-state index in [-0.39, 0.29) is 11.9 Å². The monoisotopic (exact) mass is 257 g/mol. The van der Waals surface area contributed by atoms with Gasteiger partial charge in [-0.1, -0.05) is 18.6 Å². The first kappa shape index (κ1) is 12.4. The third-order valence-electron chi connectivity index (χ3n) is 3.86. The van der Waals surface area contributed by atoms with E-state index in [1.165, 1.54) is 19.3 Å². The van der Waals surface area contributed by atoms with Gasteiger partial charge in [0.1, 0.15) is 6.04 Å². The van der Waals surface area contributed by atoms with E-state index in [4.69, 9.17) is 0 Å². The third kappa shape index (κ3) is 2.40. The van der Waals surface area contributed by atoms with Gasteiger partial charge in [-0.25, -0.2) is 0 Å². The molecule has 1 atom stereocenters. The number of hydrogen-bond donors (Lipinski definition) is 1. The highest BCUT2D eigenvalue weighted by atomic mass is 16.2. The predicted octanol–water partition coefficient (Wildman–Crippen LogP) is 2.59. The molecule has 4 heteroatoms. The highest BCUT2D eigenvalue weighted by molar-refractivity contribution is 6.15. The molecule has 1 fully saturated rings. The number of benzene rings is 1. The summed E-state index contributed by atoms with van der Waals surface area (Å²) in [6.45, 7) is 3.93. The Labute approximate surface area is 113 Å². The summed E-state index contributed by atoms with van der Waals surface area (Å²) in [7, 11) is 0. The van der Waals surface area contributed by atoms with E-state index in [1.54, 1.807) is 0 Å². The molecule has 0 aliphatic carbocycles. The van der Waals surface area contributed by atoms with Gasteiger partial charge in [0.15, 0.2) is 0 Å². The number of anilines is 1. The van der Waals surface area contributed by atoms with Crippen LogP contribution in [0.25, 0.3) is 0 Å². The summed E-state index contributed by atoms with van der Waals surface area (Å²) in [6.07, 6.45) is 3.61. The molecule has 0 spiro atoms. The summed E-state index contributed by atoms with van der Waals surface area (Å²) in [5, 5.41) is 3.00. The molecule has 1 aromatic carbocycles. The average Bonchev–Trinajstić information content (AvgIpc) is 2.54. The number of hydrogen-bond acceptors (Lipinski definition) is 3. The lowest BCUT2D eigenvalue weighted by molar-refractivity contribution is -0.119. The summed E-state index contributed by atoms with van der Waals surface area (Å²) < 4.78 is 0. The molecule has 2 aliphatic heterocycles. The van der Waals surface area contributed by atoms with Gasteiger partial charge in [-0.05, 0) is 45.0 Å². The highest BCUT2D eigenvalue weighted by Crippen LogP contribution is 2.28. The predicted molar refractivity (Wildman–Crippen MR) is 77.1 cm³/mol. The average molecular weight is 257 g/mol. The number of nitrogens with one attached hydrogen (secondary N) is 1. The first-order valence-corrected chi connectivity index (χ1v) is 6.95. The molecule has 0 bridgehead atoms. The molecule has 2 aliphatic rings. The van der Waals surface area contributed by atoms with Crippen LogP contribution in [0.4, 0.5) is 11.4 Å². The maximum absolute atomic E-state index is 12.5. The van der Waals surface area contributed by atoms with Crippen LogP contribution in [0.3, 0.4) is 0 Å². The summed E-state index contributed by atoms with van der Waals surface area (Å²) >= 11 is 0. The number of fused-ring (bicyclic) bond motifs is 1. The van der Waals surface area contributed by atoms with Crippen molar-refractivity contribution in [3.8, 4) is 0 Å². The van der Waals surface area contributed by atoms with Crippen molar-refractivity contribution in [1.82, 2.24) is 4.90 Å². The minimum absolute atomic E-state index is 0.0492. The van der Waals surface area contributed by atoms with Crippen LogP contribution in [0.5, 0.6) is 0 Å². The van der Waals surface area contributed by atoms with E-state index >= 15 is 0 Å². The van der Waals surface area contributed by atoms with Crippen molar-refractivity contribution in [1.29, 1.82) is 0 Å². The molecule has 0 aromatic heterocycles. The van der Waals surface area contributed by atoms with E-state index in [2.05, 4.69) is 15.2 Å². The van der Waals surface area contributed by atoms with Crippen LogP contribution < -0.4 is 5.32 Å². The zero-order valence-corrected chi connectivity index (χ0v) is 11.2. The quantitative estimate of drug-likeness (QED) is 0.840. The highest BCUT2D eigenvalue weighted by Gasteiger charge is 2.31. The molecule has 1 saturated heterocycles. The lowest BCUT2D eigenvalue weighted by Gasteiger charge is -2.32. The summed E-state index contributed by atoms with van der Waals surface area (Å²) in [6, 6.07) is 7.50. The zero-order valence-electron chi connectivity index (χ0n) is 11.2. The third-order valence-corrected chi connectivity index (χ3v) is 3.86. The number of carbonyl (C=O) groups excluding carboxylic acids is 1. The minimum atomic E-state index is -0.215. The van der Waals surface area contributed by atoms with Gasteiger partial charge in [0.05, 0.1) is 11.4 Å². The van der Waals surface area contributed by atoms with Crippen molar-refractivity contribution in [2.24, 2.45) is 4.99 Å². The number of aliphatic imine (C=N–C) groups is 1. The Bertz CT molecular complexity index is 518. The van der Waals surface area contributed by atoms with Crippen molar-refractivity contribution in [3.05, 3.63) is 24.3 Å². The molecule has 1 N–H and O–H groups in total. The summed E-state index contributed by atoms with van der Waals surface area (Å²) in [5.74, 6) is 0.0492. The van der Waals surface area contributed by atoms with Crippen LogP contribution in [0.1, 0.15) is 26.2 Å². The van der Waals surface area contributed by atoms with Crippen LogP contribution in [-0.4, -0.2) is 35.7 Å². The Hall–Kier alpha value is -1.68. The number of nitrogens with zero attached hydrogens (tertiary/aromatic N) is 2. The lowest BCUT2D eigenvalue weighted by Crippen LogP contribution is -2.49. The molecule has 3 rings (SSSR count). The first-order valence-electron chi connectivity index (χ1n) is 6.95. The van der Waals surface area contributed by atoms with Crippen LogP contribution in [0, 0.1) is 0 Å². The van der Waals surface area contributed by atoms with E-state index in [9.17, 15) is 4.79 Å². The minimum Gasteiger partial charge on any atom is -0.322 e. The number of para-hydroxylation sites is 2. The molecule has 0 radical (unpaired) electrons. The molecular formula is C15H19N3O. The van der Waals surface area contributed by atoms with Gasteiger partial charge in [0, 0.05) is 5.71 Å². The topological polar surface area (TPSA) is 44.7 Å². The molecule has 4 nitrogen and oxygen atoms in total. The van der Waals surface area contributed by atoms with Gasteiger partial charge >= 0.3 is 0 Å². The van der Waals surface area contributed by atoms with E-state index in [0.717, 1.165) is 30.2 Å². The Morgan fingerprint density at radius 1 is 1.21 bits per heavy atom. The Morgan fingerprint density at radius 3 is 2.74 bits per heavy atom. The van der Waals surface area contributed by atoms with Gasteiger partial charge in [-0.2, -0.15) is 0 Å². The number of amides is 1. The molecule has 0 saturated carbocycles. The molecule has 19 heavy (non-hydrogen) atoms. The fourth-order valence-corrected chi connectivity index (χ4v) is 2.93. The number of rotatable bonds is 1. The molecule has 2 heterocycles. The van der Waals surface area contributed by atoms with E-state index in [1.807, 2.05) is 31.2 Å². The van der Waals surface area contributed by atoms with Gasteiger partial charge in [-0.15, -0.1) is 0 Å². The maximum atomic E-state index is 12.5. The largest absolute Gasteiger partial charge is 0.322 e. The number of carbonyl (C=O) groups is 1. The Balaban J connectivity index is 1.93. The smallest absolute Gasteiger partial charge is 0.247 e. The molecule has 1 aromatic rings. The van der Waals surface area contributed by atoms with Crippen molar-refractivity contribution < 1.29 is 4.79 Å². The standard InChI is InChI=1S/C15H19N3O/c1-11-14(18-9-5-2-6-10-18)15(19)17-13-8-4-3-7-12(13)16-11/h3-4,7-8,14H,2,5-6,9-10H2,1H3,(H,17,19). The number of likely N-dealkylation sites (tertiary alicyclic amines) is 1. The molecule has 100 valence electrons. The van der Waals surface area contributed by atoms with Crippen molar-refractivity contribution >= 4 is 23.0 Å². The Morgan fingerprint density at radius 2 is 1.95 bits per heavy atom. The van der Waals surface area contributed by atoms with Gasteiger partial charge in [-0.3, -0.25) is 14.7 Å². The normalized spacial score (nSPS) is 24.2. The van der Waals surface area contributed by atoms with Crippen molar-refractivity contribution in [3.63, 3.8) is 0 Å². The number of piperidine rings is 1. The van der Waals surface area contributed by atoms with Gasteiger partial charge in [0.25, 0.3) is 0 Å². The second-order valence-corrected chi connectivity index (χ2v) is 5.26. The SMILES string of the molecule is CC1=Nc2ccccc2NC(=O)C1N1CCCCC1. The molecule has 1 amide bonds. The zero-order chi connectivity index (χ0) is 13.2. The second-order valence-electron chi connectivity index (χ2n) is 5.26. The van der Waals surface area contributed by atoms with Crippen LogP contribution >= 0.6 is 0 Å². The maximum Gasteiger partial charge on any atom is 0.247 e. The van der Waals surface area contributed by atoms with Gasteiger partial charge in [0.2, 0.25) is 5.91 Å². The lowest BCUT2D eigenvalue weighted by atomic mass is 10.0. The molecule has 1 unspecified atom stereocenters. The molecular weight excluding hydrogens is 238 g/mol. The summed E-state index contributed by atoms with van der Waals surface area (Å²) in [5.41, 5.74) is 2.56. The van der Waals surface area contributed by atoms with E-state index < -0.39 is 0 Å². The Kier molecular flexibility index (Phi) is 3.34. The van der Waals surface area contributed by atoms with Crippen molar-refractivity contribution in [2.45, 2.75) is 32.2 Å². The van der Waals surface area contributed by atoms with Crippen LogP contribution in [-0.2, 0) is 4.79 Å². The van der Waals surface area contributed by atoms with E-state index in [0.29, 0.717) is 0 Å².